The molecule has 0 radical (unpaired) electrons. The van der Waals surface area contributed by atoms with Gasteiger partial charge in [-0.25, -0.2) is 5.43 Å². The quantitative estimate of drug-likeness (QED) is 0.651. The molecule has 7 rings (SSSR count). The number of carbonyl (C=O) groups is 2. The van der Waals surface area contributed by atoms with Crippen LogP contribution in [0.5, 0.6) is 0 Å². The van der Waals surface area contributed by atoms with Crippen molar-refractivity contribution in [3.8, 4) is 0 Å². The lowest BCUT2D eigenvalue weighted by Gasteiger charge is -2.30. The third-order valence-electron chi connectivity index (χ3n) is 8.15. The standard InChI is InChI=1S/C27H26N4O3/c32-9-3-8-31-21-7-6-15(20-12-22(33)30-29-20)11-17(21)24-19-13-28-27(34)25(19)23-16-5-2-1-4-14(16)10-18(23)26(24)31/h1-2,4-7,11,14,16-17,21,32H,3,8-10,12-13H2,(H,28,34)(H,30,33). The fourth-order valence-electron chi connectivity index (χ4n) is 6.83. The zero-order chi connectivity index (χ0) is 23.0. The Labute approximate surface area is 197 Å². The molecule has 6 aliphatic rings. The third-order valence-corrected chi connectivity index (χ3v) is 8.15. The molecule has 3 heterocycles. The van der Waals surface area contributed by atoms with Gasteiger partial charge >= 0.3 is 0 Å². The number of fused-ring (bicyclic) bond motifs is 10. The van der Waals surface area contributed by atoms with Crippen molar-refractivity contribution in [2.24, 2.45) is 11.0 Å². The molecule has 0 fully saturated rings. The minimum absolute atomic E-state index is 0.0357. The minimum Gasteiger partial charge on any atom is -0.396 e. The van der Waals surface area contributed by atoms with E-state index in [9.17, 15) is 14.7 Å². The highest BCUT2D eigenvalue weighted by Gasteiger charge is 2.48. The number of anilines is 1. The summed E-state index contributed by atoms with van der Waals surface area (Å²) in [5.41, 5.74) is 11.3. The van der Waals surface area contributed by atoms with Crippen molar-refractivity contribution in [1.29, 1.82) is 0 Å². The van der Waals surface area contributed by atoms with Gasteiger partial charge in [-0.1, -0.05) is 42.5 Å². The van der Waals surface area contributed by atoms with Crippen LogP contribution in [0, 0.1) is 5.92 Å². The summed E-state index contributed by atoms with van der Waals surface area (Å²) in [7, 11) is 0. The molecule has 172 valence electrons. The van der Waals surface area contributed by atoms with E-state index in [0.29, 0.717) is 25.3 Å². The van der Waals surface area contributed by atoms with Crippen LogP contribution in [0.15, 0.2) is 53.2 Å². The van der Waals surface area contributed by atoms with Crippen LogP contribution in [0.2, 0.25) is 0 Å². The van der Waals surface area contributed by atoms with Gasteiger partial charge in [0.1, 0.15) is 0 Å². The zero-order valence-corrected chi connectivity index (χ0v) is 18.8. The van der Waals surface area contributed by atoms with Gasteiger partial charge in [-0.2, -0.15) is 5.10 Å². The Balaban J connectivity index is 1.44. The molecular formula is C27H26N4O3. The first kappa shape index (κ1) is 20.0. The summed E-state index contributed by atoms with van der Waals surface area (Å²) in [6, 6.07) is 0.121. The van der Waals surface area contributed by atoms with Gasteiger partial charge in [0.25, 0.3) is 5.91 Å². The van der Waals surface area contributed by atoms with E-state index >= 15 is 0 Å². The minimum atomic E-state index is -0.0833. The molecule has 0 saturated carbocycles. The van der Waals surface area contributed by atoms with Crippen LogP contribution in [0.4, 0.5) is 5.69 Å². The third kappa shape index (κ3) is 2.64. The highest BCUT2D eigenvalue weighted by atomic mass is 16.3. The number of carbonyl (C=O) groups excluding carboxylic acids is 2. The molecule has 7 nitrogen and oxygen atoms in total. The summed E-state index contributed by atoms with van der Waals surface area (Å²) in [5.74, 6) is 0.635. The van der Waals surface area contributed by atoms with Crippen LogP contribution in [0.25, 0.3) is 0 Å². The summed E-state index contributed by atoms with van der Waals surface area (Å²) >= 11 is 0. The molecule has 0 saturated heterocycles. The maximum Gasteiger partial charge on any atom is 0.252 e. The lowest BCUT2D eigenvalue weighted by Crippen LogP contribution is -2.35. The van der Waals surface area contributed by atoms with Crippen molar-refractivity contribution < 1.29 is 14.7 Å². The highest BCUT2D eigenvalue weighted by Crippen LogP contribution is 2.56. The molecule has 4 unspecified atom stereocenters. The average Bonchev–Trinajstić information content (AvgIpc) is 3.60. The number of amides is 2. The maximum absolute atomic E-state index is 13.1. The first-order chi connectivity index (χ1) is 16.7. The van der Waals surface area contributed by atoms with Crippen molar-refractivity contribution in [3.63, 3.8) is 0 Å². The van der Waals surface area contributed by atoms with Crippen molar-refractivity contribution in [1.82, 2.24) is 10.7 Å². The van der Waals surface area contributed by atoms with E-state index < -0.39 is 0 Å². The van der Waals surface area contributed by atoms with E-state index in [-0.39, 0.29) is 36.3 Å². The first-order valence-electron chi connectivity index (χ1n) is 12.1. The van der Waals surface area contributed by atoms with Crippen molar-refractivity contribution in [2.75, 3.05) is 18.1 Å². The van der Waals surface area contributed by atoms with Gasteiger partial charge in [0.2, 0.25) is 5.91 Å². The lowest BCUT2D eigenvalue weighted by atomic mass is 9.81. The summed E-state index contributed by atoms with van der Waals surface area (Å²) in [6.45, 7) is 1.45. The summed E-state index contributed by atoms with van der Waals surface area (Å²) in [6.07, 6.45) is 17.2. The number of aliphatic hydroxyl groups excluding tert-OH is 1. The van der Waals surface area contributed by atoms with Gasteiger partial charge in [0, 0.05) is 42.8 Å². The Morgan fingerprint density at radius 1 is 1.09 bits per heavy atom. The lowest BCUT2D eigenvalue weighted by molar-refractivity contribution is -0.119. The van der Waals surface area contributed by atoms with Crippen LogP contribution in [0.3, 0.4) is 0 Å². The fraction of sp³-hybridized carbons (Fsp3) is 0.370. The number of nitrogens with one attached hydrogen (secondary N) is 2. The normalized spacial score (nSPS) is 29.3. The molecule has 0 bridgehead atoms. The second-order valence-corrected chi connectivity index (χ2v) is 9.89. The van der Waals surface area contributed by atoms with Gasteiger partial charge in [-0.05, 0) is 46.6 Å². The van der Waals surface area contributed by atoms with Crippen LogP contribution < -0.4 is 15.6 Å². The second kappa shape index (κ2) is 7.27. The van der Waals surface area contributed by atoms with E-state index in [1.54, 1.807) is 0 Å². The summed E-state index contributed by atoms with van der Waals surface area (Å²) in [4.78, 5) is 27.3. The van der Waals surface area contributed by atoms with E-state index in [1.165, 1.54) is 22.4 Å². The number of benzene rings is 1. The summed E-state index contributed by atoms with van der Waals surface area (Å²) in [5, 5.41) is 17.0. The largest absolute Gasteiger partial charge is 0.396 e. The van der Waals surface area contributed by atoms with E-state index in [2.05, 4.69) is 63.3 Å². The predicted molar refractivity (Wildman–Crippen MR) is 129 cm³/mol. The second-order valence-electron chi connectivity index (χ2n) is 9.89. The Bertz CT molecular complexity index is 1300. The molecule has 0 aromatic heterocycles. The number of hydrogen-bond acceptors (Lipinski definition) is 5. The average molecular weight is 455 g/mol. The molecule has 2 amide bonds. The first-order valence-corrected chi connectivity index (χ1v) is 12.1. The van der Waals surface area contributed by atoms with Crippen LogP contribution >= 0.6 is 0 Å². The Morgan fingerprint density at radius 3 is 2.79 bits per heavy atom. The maximum atomic E-state index is 13.1. The Kier molecular flexibility index (Phi) is 4.27. The van der Waals surface area contributed by atoms with Crippen molar-refractivity contribution in [2.45, 2.75) is 43.7 Å². The zero-order valence-electron chi connectivity index (χ0n) is 18.8. The molecule has 3 N–H and O–H groups in total. The Morgan fingerprint density at radius 2 is 1.97 bits per heavy atom. The van der Waals surface area contributed by atoms with E-state index in [0.717, 1.165) is 35.4 Å². The molecule has 4 atom stereocenters. The molecule has 7 heteroatoms. The van der Waals surface area contributed by atoms with Crippen LogP contribution in [-0.2, 0) is 17.8 Å². The van der Waals surface area contributed by atoms with Crippen LogP contribution in [-0.4, -0.2) is 41.8 Å². The van der Waals surface area contributed by atoms with Gasteiger partial charge in [-0.3, -0.25) is 9.59 Å². The molecule has 3 aliphatic carbocycles. The van der Waals surface area contributed by atoms with E-state index in [4.69, 9.17) is 0 Å². The molecule has 0 spiro atoms. The molecule has 1 aromatic rings. The van der Waals surface area contributed by atoms with Gasteiger partial charge < -0.3 is 15.3 Å². The topological polar surface area (TPSA) is 94.0 Å². The van der Waals surface area contributed by atoms with E-state index in [1.807, 2.05) is 0 Å². The number of hydrogen-bond donors (Lipinski definition) is 3. The number of nitrogens with zero attached hydrogens (tertiary/aromatic N) is 2. The molecule has 34 heavy (non-hydrogen) atoms. The summed E-state index contributed by atoms with van der Waals surface area (Å²) < 4.78 is 0. The molecule has 1 aromatic carbocycles. The van der Waals surface area contributed by atoms with Gasteiger partial charge in [0.15, 0.2) is 0 Å². The SMILES string of the molecule is O=C1CC(C2=CC3c4c5c(c6c(c4N(CCCO)C3C=C2)CC2C=CC=CC62)C(=O)NC5)=NN1. The van der Waals surface area contributed by atoms with Gasteiger partial charge in [-0.15, -0.1) is 0 Å². The smallest absolute Gasteiger partial charge is 0.252 e. The van der Waals surface area contributed by atoms with Crippen LogP contribution in [0.1, 0.15) is 57.3 Å². The fourth-order valence-corrected chi connectivity index (χ4v) is 6.83. The number of allylic oxidation sites excluding steroid dienone is 6. The number of rotatable bonds is 4. The van der Waals surface area contributed by atoms with Crippen molar-refractivity contribution >= 4 is 23.2 Å². The van der Waals surface area contributed by atoms with Crippen molar-refractivity contribution in [3.05, 3.63) is 75.9 Å². The molecular weight excluding hydrogens is 428 g/mol. The Hall–Kier alpha value is -3.45. The highest BCUT2D eigenvalue weighted by molar-refractivity contribution is 6.15. The molecule has 3 aliphatic heterocycles. The monoisotopic (exact) mass is 454 g/mol. The number of hydrazone groups is 1. The predicted octanol–water partition coefficient (Wildman–Crippen LogP) is 2.34. The number of aliphatic hydroxyl groups is 1. The van der Waals surface area contributed by atoms with Gasteiger partial charge in [0.05, 0.1) is 18.2 Å².